The molecule has 6 nitrogen and oxygen atoms in total. The number of nitrogens with zero attached hydrogens (tertiary/aromatic N) is 2. The van der Waals surface area contributed by atoms with Crippen molar-refractivity contribution in [1.82, 2.24) is 15.1 Å². The molecule has 1 aromatic carbocycles. The molecule has 0 aliphatic heterocycles. The van der Waals surface area contributed by atoms with Gasteiger partial charge in [0.2, 0.25) is 0 Å². The van der Waals surface area contributed by atoms with Gasteiger partial charge in [0.25, 0.3) is 5.91 Å². The second-order valence-electron chi connectivity index (χ2n) is 6.89. The molecular weight excluding hydrogens is 342 g/mol. The third-order valence-corrected chi connectivity index (χ3v) is 5.11. The molecule has 6 heteroatoms. The highest BCUT2D eigenvalue weighted by Gasteiger charge is 2.15. The Labute approximate surface area is 160 Å². The molecule has 2 rings (SSSR count). The summed E-state index contributed by atoms with van der Waals surface area (Å²) in [6.45, 7) is 8.79. The first kappa shape index (κ1) is 20.7. The molecule has 0 saturated carbocycles. The monoisotopic (exact) mass is 371 g/mol. The lowest BCUT2D eigenvalue weighted by Gasteiger charge is -2.13. The van der Waals surface area contributed by atoms with E-state index in [4.69, 9.17) is 5.11 Å². The lowest BCUT2D eigenvalue weighted by Crippen LogP contribution is -2.28. The van der Waals surface area contributed by atoms with Gasteiger partial charge in [-0.05, 0) is 56.0 Å². The van der Waals surface area contributed by atoms with Gasteiger partial charge < -0.3 is 10.4 Å². The van der Waals surface area contributed by atoms with Gasteiger partial charge in [0.15, 0.2) is 0 Å². The van der Waals surface area contributed by atoms with Gasteiger partial charge in [-0.25, -0.2) is 4.68 Å². The average Bonchev–Trinajstić information content (AvgIpc) is 2.94. The molecule has 0 bridgehead atoms. The van der Waals surface area contributed by atoms with Crippen LogP contribution >= 0.6 is 0 Å². The summed E-state index contributed by atoms with van der Waals surface area (Å²) in [5.74, 6) is -0.374. The molecular formula is C21H29N3O3. The quantitative estimate of drug-likeness (QED) is 0.704. The van der Waals surface area contributed by atoms with E-state index in [0.717, 1.165) is 35.5 Å². The maximum absolute atomic E-state index is 12.3. The number of rotatable bonds is 9. The summed E-state index contributed by atoms with van der Waals surface area (Å²) in [4.78, 5) is 23.2. The first-order chi connectivity index (χ1) is 12.9. The molecule has 0 aliphatic carbocycles. The van der Waals surface area contributed by atoms with Crippen LogP contribution in [0.2, 0.25) is 0 Å². The van der Waals surface area contributed by atoms with Crippen molar-refractivity contribution in [1.29, 1.82) is 0 Å². The Hall–Kier alpha value is -2.63. The average molecular weight is 371 g/mol. The first-order valence-corrected chi connectivity index (χ1v) is 9.52. The van der Waals surface area contributed by atoms with Crippen LogP contribution in [0.4, 0.5) is 0 Å². The predicted octanol–water partition coefficient (Wildman–Crippen LogP) is 3.67. The van der Waals surface area contributed by atoms with E-state index < -0.39 is 5.97 Å². The first-order valence-electron chi connectivity index (χ1n) is 9.52. The molecule has 0 saturated heterocycles. The van der Waals surface area contributed by atoms with Gasteiger partial charge in [-0.2, -0.15) is 5.10 Å². The molecule has 146 valence electrons. The number of benzene rings is 1. The van der Waals surface area contributed by atoms with E-state index in [2.05, 4.69) is 24.3 Å². The van der Waals surface area contributed by atoms with E-state index in [1.54, 1.807) is 16.8 Å². The smallest absolute Gasteiger partial charge is 0.303 e. The van der Waals surface area contributed by atoms with Crippen molar-refractivity contribution in [2.45, 2.75) is 53.4 Å². The van der Waals surface area contributed by atoms with Crippen LogP contribution in [-0.4, -0.2) is 33.3 Å². The van der Waals surface area contributed by atoms with E-state index in [-0.39, 0.29) is 12.3 Å². The summed E-state index contributed by atoms with van der Waals surface area (Å²) in [5, 5.41) is 16.4. The van der Waals surface area contributed by atoms with Crippen molar-refractivity contribution in [2.75, 3.05) is 6.54 Å². The third-order valence-electron chi connectivity index (χ3n) is 5.11. The minimum Gasteiger partial charge on any atom is -0.481 e. The van der Waals surface area contributed by atoms with Crippen LogP contribution in [0.5, 0.6) is 0 Å². The van der Waals surface area contributed by atoms with E-state index >= 15 is 0 Å². The number of hydrogen-bond donors (Lipinski definition) is 2. The van der Waals surface area contributed by atoms with Crippen LogP contribution in [0.1, 0.15) is 60.4 Å². The normalized spacial score (nSPS) is 11.0. The second kappa shape index (κ2) is 9.35. The fraction of sp³-hybridized carbons (Fsp3) is 0.476. The number of carboxylic acids is 1. The molecule has 2 N–H and O–H groups in total. The van der Waals surface area contributed by atoms with Crippen LogP contribution in [0.15, 0.2) is 24.3 Å². The maximum atomic E-state index is 12.3. The van der Waals surface area contributed by atoms with Gasteiger partial charge in [-0.1, -0.05) is 26.7 Å². The van der Waals surface area contributed by atoms with Crippen LogP contribution < -0.4 is 5.32 Å². The van der Waals surface area contributed by atoms with Crippen LogP contribution in [0.3, 0.4) is 0 Å². The molecule has 0 atom stereocenters. The minimum absolute atomic E-state index is 0.0658. The number of aromatic nitrogens is 2. The highest BCUT2D eigenvalue weighted by Crippen LogP contribution is 2.20. The summed E-state index contributed by atoms with van der Waals surface area (Å²) in [6, 6.07) is 7.33. The summed E-state index contributed by atoms with van der Waals surface area (Å²) < 4.78 is 1.80. The Morgan fingerprint density at radius 3 is 2.33 bits per heavy atom. The SMILES string of the molecule is CCC(CC)CNC(=O)c1ccc(-n2nc(C)c(CCC(=O)O)c2C)cc1. The Morgan fingerprint density at radius 2 is 1.78 bits per heavy atom. The van der Waals surface area contributed by atoms with Crippen molar-refractivity contribution in [3.63, 3.8) is 0 Å². The van der Waals surface area contributed by atoms with Gasteiger partial charge in [0.05, 0.1) is 11.4 Å². The Kier molecular flexibility index (Phi) is 7.16. The van der Waals surface area contributed by atoms with Crippen LogP contribution in [-0.2, 0) is 11.2 Å². The van der Waals surface area contributed by atoms with Gasteiger partial charge in [0.1, 0.15) is 0 Å². The standard InChI is InChI=1S/C21H29N3O3/c1-5-16(6-2)13-22-21(27)17-7-9-18(10-8-17)24-15(4)19(14(3)23-24)11-12-20(25)26/h7-10,16H,5-6,11-13H2,1-4H3,(H,22,27)(H,25,26). The van der Waals surface area contributed by atoms with Crippen LogP contribution in [0, 0.1) is 19.8 Å². The zero-order valence-corrected chi connectivity index (χ0v) is 16.6. The van der Waals surface area contributed by atoms with Crippen molar-refractivity contribution in [3.05, 3.63) is 46.8 Å². The van der Waals surface area contributed by atoms with E-state index in [0.29, 0.717) is 24.4 Å². The summed E-state index contributed by atoms with van der Waals surface area (Å²) in [5.41, 5.74) is 4.20. The lowest BCUT2D eigenvalue weighted by atomic mass is 10.0. The number of carboxylic acid groups (broad SMARTS) is 1. The lowest BCUT2D eigenvalue weighted by molar-refractivity contribution is -0.136. The van der Waals surface area contributed by atoms with Gasteiger partial charge in [-0.15, -0.1) is 0 Å². The zero-order valence-electron chi connectivity index (χ0n) is 16.6. The second-order valence-corrected chi connectivity index (χ2v) is 6.89. The third kappa shape index (κ3) is 5.18. The topological polar surface area (TPSA) is 84.2 Å². The van der Waals surface area contributed by atoms with E-state index in [1.807, 2.05) is 26.0 Å². The number of nitrogens with one attached hydrogen (secondary N) is 1. The summed E-state index contributed by atoms with van der Waals surface area (Å²) in [6.07, 6.45) is 2.65. The Balaban J connectivity index is 2.12. The van der Waals surface area contributed by atoms with Gasteiger partial charge in [0, 0.05) is 24.2 Å². The number of carbonyl (C=O) groups is 2. The number of hydrogen-bond acceptors (Lipinski definition) is 3. The number of aliphatic carboxylic acids is 1. The van der Waals surface area contributed by atoms with Crippen molar-refractivity contribution < 1.29 is 14.7 Å². The molecule has 2 aromatic rings. The van der Waals surface area contributed by atoms with Crippen LogP contribution in [0.25, 0.3) is 5.69 Å². The highest BCUT2D eigenvalue weighted by molar-refractivity contribution is 5.94. The maximum Gasteiger partial charge on any atom is 0.303 e. The fourth-order valence-corrected chi connectivity index (χ4v) is 3.19. The zero-order chi connectivity index (χ0) is 20.0. The molecule has 0 spiro atoms. The van der Waals surface area contributed by atoms with E-state index in [9.17, 15) is 9.59 Å². The molecule has 1 heterocycles. The van der Waals surface area contributed by atoms with Gasteiger partial charge >= 0.3 is 5.97 Å². The Morgan fingerprint density at radius 1 is 1.15 bits per heavy atom. The number of amides is 1. The van der Waals surface area contributed by atoms with Crippen molar-refractivity contribution in [2.24, 2.45) is 5.92 Å². The molecule has 0 unspecified atom stereocenters. The number of aryl methyl sites for hydroxylation is 1. The Bertz CT molecular complexity index is 790. The largest absolute Gasteiger partial charge is 0.481 e. The van der Waals surface area contributed by atoms with E-state index in [1.165, 1.54) is 0 Å². The molecule has 1 amide bonds. The molecule has 0 radical (unpaired) electrons. The van der Waals surface area contributed by atoms with Gasteiger partial charge in [-0.3, -0.25) is 9.59 Å². The number of carbonyl (C=O) groups excluding carboxylic acids is 1. The molecule has 27 heavy (non-hydrogen) atoms. The minimum atomic E-state index is -0.815. The van der Waals surface area contributed by atoms with Crippen molar-refractivity contribution in [3.8, 4) is 5.69 Å². The summed E-state index contributed by atoms with van der Waals surface area (Å²) >= 11 is 0. The van der Waals surface area contributed by atoms with Crippen molar-refractivity contribution >= 4 is 11.9 Å². The molecule has 0 aliphatic rings. The molecule has 0 fully saturated rings. The predicted molar refractivity (Wildman–Crippen MR) is 105 cm³/mol. The highest BCUT2D eigenvalue weighted by atomic mass is 16.4. The molecule has 1 aromatic heterocycles. The fourth-order valence-electron chi connectivity index (χ4n) is 3.19. The summed E-state index contributed by atoms with van der Waals surface area (Å²) in [7, 11) is 0.